The Hall–Kier alpha value is -0.930. The SMILES string of the molecule is CC(NCCC1CCN(C)CC1)c1ccccc1F. The lowest BCUT2D eigenvalue weighted by Crippen LogP contribution is -2.32. The van der Waals surface area contributed by atoms with Crippen LogP contribution < -0.4 is 5.32 Å². The molecule has 3 heteroatoms. The Balaban J connectivity index is 1.72. The Kier molecular flexibility index (Phi) is 5.34. The van der Waals surface area contributed by atoms with Crippen LogP contribution in [-0.4, -0.2) is 31.6 Å². The maximum absolute atomic E-state index is 13.6. The van der Waals surface area contributed by atoms with Crippen molar-refractivity contribution in [2.24, 2.45) is 5.92 Å². The number of rotatable bonds is 5. The fourth-order valence-corrected chi connectivity index (χ4v) is 2.79. The van der Waals surface area contributed by atoms with E-state index < -0.39 is 0 Å². The van der Waals surface area contributed by atoms with Crippen LogP contribution in [0.1, 0.15) is 37.8 Å². The maximum atomic E-state index is 13.6. The van der Waals surface area contributed by atoms with Crippen LogP contribution in [0.3, 0.4) is 0 Å². The molecule has 2 rings (SSSR count). The molecular weight excluding hydrogens is 239 g/mol. The summed E-state index contributed by atoms with van der Waals surface area (Å²) in [6.45, 7) is 5.44. The van der Waals surface area contributed by atoms with Crippen LogP contribution in [0.2, 0.25) is 0 Å². The molecule has 0 aromatic heterocycles. The van der Waals surface area contributed by atoms with Gasteiger partial charge in [-0.15, -0.1) is 0 Å². The fourth-order valence-electron chi connectivity index (χ4n) is 2.79. The van der Waals surface area contributed by atoms with E-state index in [1.807, 2.05) is 19.1 Å². The highest BCUT2D eigenvalue weighted by Crippen LogP contribution is 2.20. The lowest BCUT2D eigenvalue weighted by Gasteiger charge is -2.29. The molecule has 1 fully saturated rings. The Morgan fingerprint density at radius 3 is 2.68 bits per heavy atom. The zero-order chi connectivity index (χ0) is 13.7. The summed E-state index contributed by atoms with van der Waals surface area (Å²) >= 11 is 0. The third-order valence-electron chi connectivity index (χ3n) is 4.21. The zero-order valence-electron chi connectivity index (χ0n) is 12.0. The van der Waals surface area contributed by atoms with Crippen molar-refractivity contribution in [2.75, 3.05) is 26.7 Å². The number of nitrogens with zero attached hydrogens (tertiary/aromatic N) is 1. The van der Waals surface area contributed by atoms with Crippen molar-refractivity contribution < 1.29 is 4.39 Å². The Morgan fingerprint density at radius 2 is 2.00 bits per heavy atom. The van der Waals surface area contributed by atoms with Crippen LogP contribution in [-0.2, 0) is 0 Å². The van der Waals surface area contributed by atoms with E-state index >= 15 is 0 Å². The van der Waals surface area contributed by atoms with E-state index in [2.05, 4.69) is 17.3 Å². The normalized spacial score (nSPS) is 19.5. The zero-order valence-corrected chi connectivity index (χ0v) is 12.0. The van der Waals surface area contributed by atoms with E-state index in [9.17, 15) is 4.39 Å². The van der Waals surface area contributed by atoms with E-state index in [4.69, 9.17) is 0 Å². The van der Waals surface area contributed by atoms with Gasteiger partial charge < -0.3 is 10.2 Å². The summed E-state index contributed by atoms with van der Waals surface area (Å²) in [5, 5.41) is 3.44. The second-order valence-corrected chi connectivity index (χ2v) is 5.73. The van der Waals surface area contributed by atoms with E-state index in [1.54, 1.807) is 6.07 Å². The molecule has 1 aromatic carbocycles. The molecule has 0 radical (unpaired) electrons. The summed E-state index contributed by atoms with van der Waals surface area (Å²) < 4.78 is 13.6. The predicted octanol–water partition coefficient (Wildman–Crippen LogP) is 3.21. The van der Waals surface area contributed by atoms with Gasteiger partial charge in [0.2, 0.25) is 0 Å². The van der Waals surface area contributed by atoms with Gasteiger partial charge >= 0.3 is 0 Å². The average Bonchev–Trinajstić information content (AvgIpc) is 2.41. The first-order chi connectivity index (χ1) is 9.16. The molecule has 1 saturated heterocycles. The van der Waals surface area contributed by atoms with Crippen LogP contribution >= 0.6 is 0 Å². The molecule has 0 aliphatic carbocycles. The summed E-state index contributed by atoms with van der Waals surface area (Å²) in [6, 6.07) is 7.12. The number of nitrogens with one attached hydrogen (secondary N) is 1. The van der Waals surface area contributed by atoms with E-state index in [0.717, 1.165) is 18.0 Å². The average molecular weight is 264 g/mol. The van der Waals surface area contributed by atoms with Gasteiger partial charge in [0, 0.05) is 11.6 Å². The first kappa shape index (κ1) is 14.5. The van der Waals surface area contributed by atoms with Crippen LogP contribution in [0, 0.1) is 11.7 Å². The second-order valence-electron chi connectivity index (χ2n) is 5.73. The van der Waals surface area contributed by atoms with Gasteiger partial charge in [0.15, 0.2) is 0 Å². The molecule has 2 nitrogen and oxygen atoms in total. The van der Waals surface area contributed by atoms with E-state index in [0.29, 0.717) is 0 Å². The number of hydrogen-bond donors (Lipinski definition) is 1. The van der Waals surface area contributed by atoms with Gasteiger partial charge in [-0.2, -0.15) is 0 Å². The molecule has 19 heavy (non-hydrogen) atoms. The third-order valence-corrected chi connectivity index (χ3v) is 4.21. The fraction of sp³-hybridized carbons (Fsp3) is 0.625. The van der Waals surface area contributed by atoms with Gasteiger partial charge in [0.05, 0.1) is 0 Å². The van der Waals surface area contributed by atoms with Crippen molar-refractivity contribution in [3.8, 4) is 0 Å². The molecule has 1 atom stereocenters. The molecule has 1 N–H and O–H groups in total. The number of halogens is 1. The molecule has 0 spiro atoms. The molecule has 106 valence electrons. The quantitative estimate of drug-likeness (QED) is 0.878. The van der Waals surface area contributed by atoms with Gasteiger partial charge in [-0.05, 0) is 64.9 Å². The second kappa shape index (κ2) is 7.01. The molecule has 1 aliphatic heterocycles. The smallest absolute Gasteiger partial charge is 0.127 e. The van der Waals surface area contributed by atoms with Gasteiger partial charge in [0.1, 0.15) is 5.82 Å². The lowest BCUT2D eigenvalue weighted by atomic mass is 9.93. The molecule has 0 amide bonds. The summed E-state index contributed by atoms with van der Waals surface area (Å²) in [4.78, 5) is 2.39. The summed E-state index contributed by atoms with van der Waals surface area (Å²) in [5.41, 5.74) is 0.769. The van der Waals surface area contributed by atoms with Crippen molar-refractivity contribution in [1.29, 1.82) is 0 Å². The monoisotopic (exact) mass is 264 g/mol. The van der Waals surface area contributed by atoms with Crippen molar-refractivity contribution in [1.82, 2.24) is 10.2 Å². The van der Waals surface area contributed by atoms with E-state index in [-0.39, 0.29) is 11.9 Å². The van der Waals surface area contributed by atoms with Crippen molar-refractivity contribution in [2.45, 2.75) is 32.2 Å². The first-order valence-electron chi connectivity index (χ1n) is 7.33. The summed E-state index contributed by atoms with van der Waals surface area (Å²) in [5.74, 6) is 0.721. The topological polar surface area (TPSA) is 15.3 Å². The predicted molar refractivity (Wildman–Crippen MR) is 77.7 cm³/mol. The number of likely N-dealkylation sites (tertiary alicyclic amines) is 1. The lowest BCUT2D eigenvalue weighted by molar-refractivity contribution is 0.210. The van der Waals surface area contributed by atoms with Gasteiger partial charge in [0.25, 0.3) is 0 Å². The molecule has 0 bridgehead atoms. The number of piperidine rings is 1. The largest absolute Gasteiger partial charge is 0.310 e. The van der Waals surface area contributed by atoms with Crippen molar-refractivity contribution in [3.63, 3.8) is 0 Å². The maximum Gasteiger partial charge on any atom is 0.127 e. The molecular formula is C16H25FN2. The van der Waals surface area contributed by atoms with Crippen molar-refractivity contribution in [3.05, 3.63) is 35.6 Å². The van der Waals surface area contributed by atoms with Crippen molar-refractivity contribution >= 4 is 0 Å². The molecule has 0 saturated carbocycles. The Morgan fingerprint density at radius 1 is 1.32 bits per heavy atom. The molecule has 1 unspecified atom stereocenters. The van der Waals surface area contributed by atoms with Gasteiger partial charge in [-0.25, -0.2) is 4.39 Å². The molecule has 1 heterocycles. The minimum Gasteiger partial charge on any atom is -0.310 e. The number of benzene rings is 1. The van der Waals surface area contributed by atoms with Crippen LogP contribution in [0.5, 0.6) is 0 Å². The third kappa shape index (κ3) is 4.29. The minimum atomic E-state index is -0.109. The highest BCUT2D eigenvalue weighted by Gasteiger charge is 2.16. The highest BCUT2D eigenvalue weighted by molar-refractivity contribution is 5.20. The van der Waals surface area contributed by atoms with E-state index in [1.165, 1.54) is 38.4 Å². The summed E-state index contributed by atoms with van der Waals surface area (Å²) in [6.07, 6.45) is 3.80. The standard InChI is InChI=1S/C16H25FN2/c1-13(15-5-3-4-6-16(15)17)18-10-7-14-8-11-19(2)12-9-14/h3-6,13-14,18H,7-12H2,1-2H3. The minimum absolute atomic E-state index is 0.0902. The van der Waals surface area contributed by atoms with Crippen LogP contribution in [0.4, 0.5) is 4.39 Å². The van der Waals surface area contributed by atoms with Gasteiger partial charge in [-0.1, -0.05) is 18.2 Å². The Labute approximate surface area is 116 Å². The van der Waals surface area contributed by atoms with Crippen LogP contribution in [0.25, 0.3) is 0 Å². The molecule has 1 aliphatic rings. The number of hydrogen-bond acceptors (Lipinski definition) is 2. The van der Waals surface area contributed by atoms with Gasteiger partial charge in [-0.3, -0.25) is 0 Å². The van der Waals surface area contributed by atoms with Crippen LogP contribution in [0.15, 0.2) is 24.3 Å². The summed E-state index contributed by atoms with van der Waals surface area (Å²) in [7, 11) is 2.19. The highest BCUT2D eigenvalue weighted by atomic mass is 19.1. The first-order valence-corrected chi connectivity index (χ1v) is 7.33. The molecule has 1 aromatic rings. The Bertz CT molecular complexity index is 386.